The van der Waals surface area contributed by atoms with Crippen molar-refractivity contribution < 1.29 is 4.79 Å². The number of carbonyl (C=O) groups excluding carboxylic acids is 1. The van der Waals surface area contributed by atoms with Gasteiger partial charge in [-0.2, -0.15) is 4.98 Å². The van der Waals surface area contributed by atoms with Crippen LogP contribution in [-0.2, 0) is 4.79 Å². The number of amides is 1. The summed E-state index contributed by atoms with van der Waals surface area (Å²) in [5, 5.41) is 9.43. The molecule has 0 unspecified atom stereocenters. The van der Waals surface area contributed by atoms with Crippen LogP contribution in [0.1, 0.15) is 33.1 Å². The molecule has 0 saturated heterocycles. The fourth-order valence-electron chi connectivity index (χ4n) is 2.91. The molecule has 1 aromatic heterocycles. The largest absolute Gasteiger partial charge is 0.370 e. The molecule has 150 valence electrons. The molecule has 1 amide bonds. The smallest absolute Gasteiger partial charge is 0.229 e. The number of rotatable bonds is 9. The average Bonchev–Trinajstić information content (AvgIpc) is 2.73. The van der Waals surface area contributed by atoms with Crippen LogP contribution in [0.25, 0.3) is 11.3 Å². The molecule has 0 spiro atoms. The highest BCUT2D eigenvalue weighted by molar-refractivity contribution is 5.88. The van der Waals surface area contributed by atoms with Crippen LogP contribution in [0, 0.1) is 0 Å². The van der Waals surface area contributed by atoms with E-state index in [1.807, 2.05) is 60.7 Å². The van der Waals surface area contributed by atoms with Crippen molar-refractivity contribution in [2.45, 2.75) is 33.1 Å². The number of benzene rings is 2. The van der Waals surface area contributed by atoms with E-state index in [1.165, 1.54) is 19.8 Å². The summed E-state index contributed by atoms with van der Waals surface area (Å²) < 4.78 is 0. The van der Waals surface area contributed by atoms with E-state index in [1.54, 1.807) is 0 Å². The van der Waals surface area contributed by atoms with Crippen molar-refractivity contribution in [3.63, 3.8) is 0 Å². The van der Waals surface area contributed by atoms with Crippen molar-refractivity contribution in [1.29, 1.82) is 0 Å². The predicted octanol–water partition coefficient (Wildman–Crippen LogP) is 5.45. The molecule has 6 heteroatoms. The zero-order valence-corrected chi connectivity index (χ0v) is 16.9. The Balaban J connectivity index is 1.81. The summed E-state index contributed by atoms with van der Waals surface area (Å²) in [4.78, 5) is 20.5. The van der Waals surface area contributed by atoms with E-state index in [0.29, 0.717) is 5.95 Å². The quantitative estimate of drug-likeness (QED) is 0.424. The molecule has 2 aromatic carbocycles. The summed E-state index contributed by atoms with van der Waals surface area (Å²) in [7, 11) is 0. The lowest BCUT2D eigenvalue weighted by atomic mass is 10.1. The van der Waals surface area contributed by atoms with Gasteiger partial charge >= 0.3 is 0 Å². The summed E-state index contributed by atoms with van der Waals surface area (Å²) >= 11 is 0. The Kier molecular flexibility index (Phi) is 7.16. The fourth-order valence-corrected chi connectivity index (χ4v) is 2.91. The van der Waals surface area contributed by atoms with Gasteiger partial charge in [-0.1, -0.05) is 50.1 Å². The molecule has 0 atom stereocenters. The van der Waals surface area contributed by atoms with Crippen LogP contribution in [0.3, 0.4) is 0 Å². The van der Waals surface area contributed by atoms with Crippen LogP contribution < -0.4 is 16.0 Å². The third-order valence-corrected chi connectivity index (χ3v) is 4.34. The van der Waals surface area contributed by atoms with E-state index in [2.05, 4.69) is 32.8 Å². The zero-order chi connectivity index (χ0) is 20.5. The molecule has 0 bridgehead atoms. The van der Waals surface area contributed by atoms with Crippen LogP contribution in [0.5, 0.6) is 0 Å². The van der Waals surface area contributed by atoms with E-state index in [-0.39, 0.29) is 5.91 Å². The van der Waals surface area contributed by atoms with Crippen molar-refractivity contribution in [3.8, 4) is 11.3 Å². The second-order valence-electron chi connectivity index (χ2n) is 6.85. The van der Waals surface area contributed by atoms with Crippen LogP contribution in [0.2, 0.25) is 0 Å². The average molecular weight is 390 g/mol. The number of aromatic nitrogens is 2. The number of unbranched alkanes of at least 4 members (excludes halogenated alkanes) is 2. The molecule has 0 aliphatic rings. The standard InChI is InChI=1S/C23H27N5O/c1-3-4-8-15-24-22-16-21(18-9-6-5-7-10-18)27-23(28-22)26-20-13-11-19(12-14-20)25-17(2)29/h5-7,9-14,16H,3-4,8,15H2,1-2H3,(H,25,29)(H2,24,26,27,28). The number of carbonyl (C=O) groups is 1. The van der Waals surface area contributed by atoms with Gasteiger partial charge in [-0.3, -0.25) is 4.79 Å². The summed E-state index contributed by atoms with van der Waals surface area (Å²) in [5.74, 6) is 1.23. The molecule has 3 aromatic rings. The molecule has 0 fully saturated rings. The highest BCUT2D eigenvalue weighted by Gasteiger charge is 2.07. The van der Waals surface area contributed by atoms with Crippen molar-refractivity contribution in [3.05, 3.63) is 60.7 Å². The Hall–Kier alpha value is -3.41. The minimum absolute atomic E-state index is 0.0941. The third-order valence-electron chi connectivity index (χ3n) is 4.34. The van der Waals surface area contributed by atoms with Crippen molar-refractivity contribution >= 4 is 29.0 Å². The molecular formula is C23H27N5O. The summed E-state index contributed by atoms with van der Waals surface area (Å²) in [5.41, 5.74) is 3.49. The molecule has 29 heavy (non-hydrogen) atoms. The first-order chi connectivity index (χ1) is 14.1. The van der Waals surface area contributed by atoms with E-state index in [4.69, 9.17) is 0 Å². The van der Waals surface area contributed by atoms with Crippen LogP contribution in [0.4, 0.5) is 23.1 Å². The topological polar surface area (TPSA) is 78.9 Å². The minimum atomic E-state index is -0.0941. The van der Waals surface area contributed by atoms with Crippen LogP contribution >= 0.6 is 0 Å². The van der Waals surface area contributed by atoms with Gasteiger partial charge in [0.15, 0.2) is 0 Å². The van der Waals surface area contributed by atoms with Gasteiger partial charge < -0.3 is 16.0 Å². The van der Waals surface area contributed by atoms with Crippen LogP contribution in [-0.4, -0.2) is 22.4 Å². The van der Waals surface area contributed by atoms with Gasteiger partial charge in [0, 0.05) is 36.5 Å². The number of hydrogen-bond acceptors (Lipinski definition) is 5. The monoisotopic (exact) mass is 389 g/mol. The minimum Gasteiger partial charge on any atom is -0.370 e. The van der Waals surface area contributed by atoms with E-state index < -0.39 is 0 Å². The van der Waals surface area contributed by atoms with Crippen LogP contribution in [0.15, 0.2) is 60.7 Å². The molecule has 0 saturated carbocycles. The summed E-state index contributed by atoms with van der Waals surface area (Å²) in [6.45, 7) is 4.56. The van der Waals surface area contributed by atoms with Gasteiger partial charge in [0.25, 0.3) is 0 Å². The molecule has 3 rings (SSSR count). The maximum absolute atomic E-state index is 11.2. The van der Waals surface area contributed by atoms with Gasteiger partial charge in [0.05, 0.1) is 5.69 Å². The molecule has 0 aliphatic carbocycles. The normalized spacial score (nSPS) is 10.4. The van der Waals surface area contributed by atoms with Gasteiger partial charge in [-0.25, -0.2) is 4.98 Å². The second-order valence-corrected chi connectivity index (χ2v) is 6.85. The Morgan fingerprint density at radius 1 is 0.931 bits per heavy atom. The highest BCUT2D eigenvalue weighted by Crippen LogP contribution is 2.24. The lowest BCUT2D eigenvalue weighted by Gasteiger charge is -2.12. The van der Waals surface area contributed by atoms with Crippen molar-refractivity contribution in [2.75, 3.05) is 22.5 Å². The Morgan fingerprint density at radius 3 is 2.34 bits per heavy atom. The van der Waals surface area contributed by atoms with Crippen molar-refractivity contribution in [2.24, 2.45) is 0 Å². The van der Waals surface area contributed by atoms with E-state index in [9.17, 15) is 4.79 Å². The zero-order valence-electron chi connectivity index (χ0n) is 16.9. The molecule has 1 heterocycles. The highest BCUT2D eigenvalue weighted by atomic mass is 16.1. The first kappa shape index (κ1) is 20.3. The Bertz CT molecular complexity index is 926. The second kappa shape index (κ2) is 10.2. The van der Waals surface area contributed by atoms with Crippen molar-refractivity contribution in [1.82, 2.24) is 9.97 Å². The van der Waals surface area contributed by atoms with Gasteiger partial charge in [-0.05, 0) is 30.7 Å². The maximum Gasteiger partial charge on any atom is 0.229 e. The van der Waals surface area contributed by atoms with Gasteiger partial charge in [0.1, 0.15) is 5.82 Å². The first-order valence-electron chi connectivity index (χ1n) is 9.97. The first-order valence-corrected chi connectivity index (χ1v) is 9.97. The summed E-state index contributed by atoms with van der Waals surface area (Å²) in [6.07, 6.45) is 3.48. The number of nitrogens with zero attached hydrogens (tertiary/aromatic N) is 2. The molecule has 0 aliphatic heterocycles. The molecule has 3 N–H and O–H groups in total. The third kappa shape index (κ3) is 6.31. The predicted molar refractivity (Wildman–Crippen MR) is 120 cm³/mol. The SMILES string of the molecule is CCCCCNc1cc(-c2ccccc2)nc(Nc2ccc(NC(C)=O)cc2)n1. The molecule has 6 nitrogen and oxygen atoms in total. The molecular weight excluding hydrogens is 362 g/mol. The number of hydrogen-bond donors (Lipinski definition) is 3. The number of nitrogens with one attached hydrogen (secondary N) is 3. The molecule has 0 radical (unpaired) electrons. The van der Waals surface area contributed by atoms with E-state index >= 15 is 0 Å². The van der Waals surface area contributed by atoms with Gasteiger partial charge in [-0.15, -0.1) is 0 Å². The lowest BCUT2D eigenvalue weighted by Crippen LogP contribution is -2.07. The Labute approximate surface area is 171 Å². The lowest BCUT2D eigenvalue weighted by molar-refractivity contribution is -0.114. The van der Waals surface area contributed by atoms with Gasteiger partial charge in [0.2, 0.25) is 11.9 Å². The Morgan fingerprint density at radius 2 is 1.66 bits per heavy atom. The maximum atomic E-state index is 11.2. The number of anilines is 4. The fraction of sp³-hybridized carbons (Fsp3) is 0.261. The van der Waals surface area contributed by atoms with E-state index in [0.717, 1.165) is 41.4 Å². The summed E-state index contributed by atoms with van der Waals surface area (Å²) in [6, 6.07) is 19.5.